The van der Waals surface area contributed by atoms with Gasteiger partial charge in [-0.1, -0.05) is 24.2 Å². The molecule has 7 heteroatoms. The molecule has 1 N–H and O–H groups in total. The first-order chi connectivity index (χ1) is 16.9. The van der Waals surface area contributed by atoms with Crippen LogP contribution in [0.5, 0.6) is 0 Å². The lowest BCUT2D eigenvalue weighted by atomic mass is 9.93. The minimum absolute atomic E-state index is 0.346. The van der Waals surface area contributed by atoms with E-state index in [1.807, 2.05) is 12.1 Å². The van der Waals surface area contributed by atoms with Crippen molar-refractivity contribution in [1.82, 2.24) is 14.7 Å². The van der Waals surface area contributed by atoms with Gasteiger partial charge in [-0.2, -0.15) is 5.10 Å². The lowest BCUT2D eigenvalue weighted by molar-refractivity contribution is 0.0221. The van der Waals surface area contributed by atoms with Crippen LogP contribution in [0.25, 0.3) is 5.70 Å². The molecule has 1 aromatic heterocycles. The number of piperidine rings is 2. The highest BCUT2D eigenvalue weighted by molar-refractivity contribution is 6.31. The summed E-state index contributed by atoms with van der Waals surface area (Å²) in [6.07, 6.45) is 7.53. The van der Waals surface area contributed by atoms with E-state index in [4.69, 9.17) is 16.7 Å². The Labute approximate surface area is 213 Å². The maximum Gasteiger partial charge on any atom is 0.137 e. The molecule has 2 saturated heterocycles. The average molecular weight is 501 g/mol. The van der Waals surface area contributed by atoms with Crippen molar-refractivity contribution in [3.8, 4) is 0 Å². The number of nitrogens with zero attached hydrogens (tertiary/aromatic N) is 4. The summed E-state index contributed by atoms with van der Waals surface area (Å²) < 4.78 is 16.7. The van der Waals surface area contributed by atoms with Crippen molar-refractivity contribution in [2.45, 2.75) is 70.5 Å². The highest BCUT2D eigenvalue weighted by atomic mass is 35.5. The monoisotopic (exact) mass is 500 g/mol. The van der Waals surface area contributed by atoms with Gasteiger partial charge in [-0.05, 0) is 69.1 Å². The van der Waals surface area contributed by atoms with Crippen LogP contribution in [0, 0.1) is 12.8 Å². The minimum Gasteiger partial charge on any atom is -0.393 e. The van der Waals surface area contributed by atoms with Crippen LogP contribution >= 0.6 is 11.6 Å². The number of aliphatic hydroxyl groups is 1. The summed E-state index contributed by atoms with van der Waals surface area (Å²) in [5.74, 6) is 0.705. The molecule has 5 rings (SSSR count). The minimum atomic E-state index is -1.45. The number of rotatable bonds is 7. The molecule has 0 amide bonds. The van der Waals surface area contributed by atoms with E-state index in [1.54, 1.807) is 0 Å². The number of aliphatic hydroxyl groups excluding tert-OH is 1. The molecule has 2 aromatic rings. The molecular formula is C28H38ClFN4O. The summed E-state index contributed by atoms with van der Waals surface area (Å²) in [6.45, 7) is 10.3. The second-order valence-electron chi connectivity index (χ2n) is 10.7. The Bertz CT molecular complexity index is 1070. The van der Waals surface area contributed by atoms with E-state index in [2.05, 4.69) is 34.1 Å². The van der Waals surface area contributed by atoms with E-state index in [1.165, 1.54) is 41.8 Å². The molecule has 0 atom stereocenters. The summed E-state index contributed by atoms with van der Waals surface area (Å²) >= 11 is 6.35. The number of benzene rings is 1. The maximum absolute atomic E-state index is 14.5. The summed E-state index contributed by atoms with van der Waals surface area (Å²) in [5, 5.41) is 15.2. The van der Waals surface area contributed by atoms with Gasteiger partial charge in [0.15, 0.2) is 0 Å². The molecule has 1 aliphatic carbocycles. The van der Waals surface area contributed by atoms with Gasteiger partial charge in [0.05, 0.1) is 12.3 Å². The third-order valence-electron chi connectivity index (χ3n) is 8.55. The smallest absolute Gasteiger partial charge is 0.137 e. The predicted octanol–water partition coefficient (Wildman–Crippen LogP) is 5.41. The number of halogens is 2. The van der Waals surface area contributed by atoms with Crippen LogP contribution in [0.4, 0.5) is 10.1 Å². The second kappa shape index (κ2) is 10.1. The van der Waals surface area contributed by atoms with E-state index < -0.39 is 12.3 Å². The number of anilines is 1. The third-order valence-corrected chi connectivity index (χ3v) is 8.96. The van der Waals surface area contributed by atoms with Gasteiger partial charge >= 0.3 is 0 Å². The van der Waals surface area contributed by atoms with Gasteiger partial charge in [-0.25, -0.2) is 4.39 Å². The van der Waals surface area contributed by atoms with Crippen LogP contribution in [0.2, 0.25) is 5.02 Å². The van der Waals surface area contributed by atoms with Crippen molar-refractivity contribution < 1.29 is 9.50 Å². The number of hydrogen-bond acceptors (Lipinski definition) is 4. The molecule has 0 unspecified atom stereocenters. The van der Waals surface area contributed by atoms with Gasteiger partial charge in [0.2, 0.25) is 0 Å². The largest absolute Gasteiger partial charge is 0.393 e. The number of likely N-dealkylation sites (tertiary alicyclic amines) is 1. The molecule has 0 bridgehead atoms. The first kappa shape index (κ1) is 24.6. The Morgan fingerprint density at radius 1 is 1.20 bits per heavy atom. The van der Waals surface area contributed by atoms with Crippen LogP contribution in [-0.4, -0.2) is 58.2 Å². The van der Waals surface area contributed by atoms with Gasteiger partial charge in [0.25, 0.3) is 0 Å². The van der Waals surface area contributed by atoms with Gasteiger partial charge in [-0.15, -0.1) is 0 Å². The fourth-order valence-corrected chi connectivity index (χ4v) is 6.29. The van der Waals surface area contributed by atoms with Crippen molar-refractivity contribution in [1.29, 1.82) is 0 Å². The van der Waals surface area contributed by atoms with Crippen LogP contribution in [0.1, 0.15) is 61.0 Å². The van der Waals surface area contributed by atoms with Crippen molar-refractivity contribution in [3.63, 3.8) is 0 Å². The van der Waals surface area contributed by atoms with E-state index in [0.717, 1.165) is 55.3 Å². The van der Waals surface area contributed by atoms with Gasteiger partial charge < -0.3 is 14.9 Å². The van der Waals surface area contributed by atoms with Crippen LogP contribution < -0.4 is 4.90 Å². The Morgan fingerprint density at radius 2 is 1.94 bits per heavy atom. The number of aromatic nitrogens is 2. The third kappa shape index (κ3) is 4.97. The normalized spacial score (nSPS) is 20.3. The molecule has 0 spiro atoms. The predicted molar refractivity (Wildman–Crippen MR) is 141 cm³/mol. The van der Waals surface area contributed by atoms with Crippen molar-refractivity contribution >= 4 is 23.0 Å². The van der Waals surface area contributed by atoms with E-state index in [-0.39, 0.29) is 0 Å². The molecule has 35 heavy (non-hydrogen) atoms. The molecular weight excluding hydrogens is 463 g/mol. The number of fused-ring (bicyclic) bond motifs is 1. The lowest BCUT2D eigenvalue weighted by Gasteiger charge is -2.37. The van der Waals surface area contributed by atoms with E-state index in [9.17, 15) is 9.50 Å². The fourth-order valence-electron chi connectivity index (χ4n) is 6.12. The van der Waals surface area contributed by atoms with Crippen LogP contribution in [0.3, 0.4) is 0 Å². The molecule has 2 aliphatic heterocycles. The number of alkyl halides is 1. The number of aryl methyl sites for hydroxylation is 1. The van der Waals surface area contributed by atoms with Crippen molar-refractivity contribution in [3.05, 3.63) is 52.3 Å². The van der Waals surface area contributed by atoms with Gasteiger partial charge in [0.1, 0.15) is 11.4 Å². The Morgan fingerprint density at radius 3 is 2.66 bits per heavy atom. The van der Waals surface area contributed by atoms with Gasteiger partial charge in [0, 0.05) is 67.5 Å². The maximum atomic E-state index is 14.5. The summed E-state index contributed by atoms with van der Waals surface area (Å²) in [4.78, 5) is 4.64. The zero-order chi connectivity index (χ0) is 24.6. The Hall–Kier alpha value is -2.05. The topological polar surface area (TPSA) is 44.5 Å². The zero-order valence-electron chi connectivity index (χ0n) is 20.9. The van der Waals surface area contributed by atoms with E-state index in [0.29, 0.717) is 31.8 Å². The first-order valence-corrected chi connectivity index (χ1v) is 13.6. The Balaban J connectivity index is 1.19. The second-order valence-corrected chi connectivity index (χ2v) is 11.1. The molecule has 3 aliphatic rings. The summed E-state index contributed by atoms with van der Waals surface area (Å²) in [7, 11) is 0. The van der Waals surface area contributed by atoms with Crippen molar-refractivity contribution in [2.24, 2.45) is 5.92 Å². The van der Waals surface area contributed by atoms with Crippen LogP contribution in [0.15, 0.2) is 24.8 Å². The van der Waals surface area contributed by atoms with Gasteiger partial charge in [-0.3, -0.25) is 4.68 Å². The summed E-state index contributed by atoms with van der Waals surface area (Å²) in [6, 6.07) is 6.20. The first-order valence-electron chi connectivity index (χ1n) is 13.2. The fraction of sp³-hybridized carbons (Fsp3) is 0.607. The summed E-state index contributed by atoms with van der Waals surface area (Å²) in [5.41, 5.74) is 5.66. The molecule has 190 valence electrons. The quantitative estimate of drug-likeness (QED) is 0.552. The van der Waals surface area contributed by atoms with Crippen molar-refractivity contribution in [2.75, 3.05) is 37.7 Å². The SMILES string of the molecule is C=C(c1nn(CCC2CCN(c3cccc(Cl)c3C)CC2)c2c1CCC2)N1CCC(F)(CO)CC1. The number of hydrogen-bond donors (Lipinski definition) is 1. The molecule has 0 radical (unpaired) electrons. The molecule has 5 nitrogen and oxygen atoms in total. The zero-order valence-corrected chi connectivity index (χ0v) is 21.7. The molecule has 0 saturated carbocycles. The van der Waals surface area contributed by atoms with Crippen LogP contribution in [-0.2, 0) is 19.4 Å². The standard InChI is InChI=1S/C28H38ClFN4O/c1-20-24(29)6-4-7-25(20)33-14-9-22(10-15-33)11-16-34-26-8-3-5-23(26)27(31-34)21(2)32-17-12-28(30,19-35)13-18-32/h4,6-7,22,35H,2-3,5,8-19H2,1H3. The molecule has 3 heterocycles. The highest BCUT2D eigenvalue weighted by Crippen LogP contribution is 2.35. The highest BCUT2D eigenvalue weighted by Gasteiger charge is 2.35. The molecule has 2 fully saturated rings. The lowest BCUT2D eigenvalue weighted by Crippen LogP contribution is -2.42. The average Bonchev–Trinajstić information content (AvgIpc) is 3.48. The molecule has 1 aromatic carbocycles. The Kier molecular flexibility index (Phi) is 7.13. The van der Waals surface area contributed by atoms with E-state index >= 15 is 0 Å².